The van der Waals surface area contributed by atoms with E-state index in [2.05, 4.69) is 10.4 Å². The van der Waals surface area contributed by atoms with Crippen molar-refractivity contribution in [2.24, 2.45) is 0 Å². The quantitative estimate of drug-likeness (QED) is 0.914. The maximum absolute atomic E-state index is 11.9. The monoisotopic (exact) mass is 294 g/mol. The third-order valence-electron chi connectivity index (χ3n) is 2.88. The third kappa shape index (κ3) is 3.00. The van der Waals surface area contributed by atoms with Crippen molar-refractivity contribution in [2.45, 2.75) is 18.4 Å². The van der Waals surface area contributed by atoms with Crippen LogP contribution in [0.25, 0.3) is 0 Å². The lowest BCUT2D eigenvalue weighted by molar-refractivity contribution is 0.521. The lowest BCUT2D eigenvalue weighted by Crippen LogP contribution is -2.22. The zero-order valence-corrected chi connectivity index (χ0v) is 12.6. The molecule has 7 heteroatoms. The molecule has 20 heavy (non-hydrogen) atoms. The Morgan fingerprint density at radius 3 is 2.35 bits per heavy atom. The molecule has 0 saturated heterocycles. The summed E-state index contributed by atoms with van der Waals surface area (Å²) in [6.45, 7) is 2.82. The van der Waals surface area contributed by atoms with E-state index in [0.717, 1.165) is 17.9 Å². The van der Waals surface area contributed by atoms with Gasteiger partial charge in [0.05, 0.1) is 16.8 Å². The van der Waals surface area contributed by atoms with Crippen molar-refractivity contribution in [1.29, 1.82) is 0 Å². The van der Waals surface area contributed by atoms with Gasteiger partial charge in [-0.3, -0.25) is 4.68 Å². The third-order valence-corrected chi connectivity index (χ3v) is 4.71. The number of benzene rings is 1. The van der Waals surface area contributed by atoms with Crippen LogP contribution in [0.3, 0.4) is 0 Å². The summed E-state index contributed by atoms with van der Waals surface area (Å²) in [5.41, 5.74) is 1.69. The maximum atomic E-state index is 11.9. The summed E-state index contributed by atoms with van der Waals surface area (Å²) in [4.78, 5) is 0.275. The Labute approximate surface area is 119 Å². The highest BCUT2D eigenvalue weighted by Crippen LogP contribution is 2.19. The van der Waals surface area contributed by atoms with Crippen molar-refractivity contribution >= 4 is 21.4 Å². The predicted molar refractivity (Wildman–Crippen MR) is 78.5 cm³/mol. The molecule has 0 saturated carbocycles. The maximum Gasteiger partial charge on any atom is 0.242 e. The highest BCUT2D eigenvalue weighted by Gasteiger charge is 2.16. The molecule has 0 bridgehead atoms. The van der Waals surface area contributed by atoms with Crippen LogP contribution in [0.2, 0.25) is 0 Å². The first kappa shape index (κ1) is 14.5. The zero-order chi connectivity index (χ0) is 14.8. The number of aromatic nitrogens is 2. The number of hydrogen-bond acceptors (Lipinski definition) is 4. The molecule has 0 aliphatic carbocycles. The van der Waals surface area contributed by atoms with Gasteiger partial charge in [-0.25, -0.2) is 12.7 Å². The van der Waals surface area contributed by atoms with Crippen LogP contribution in [-0.2, 0) is 16.6 Å². The smallest absolute Gasteiger partial charge is 0.242 e. The second-order valence-electron chi connectivity index (χ2n) is 4.52. The van der Waals surface area contributed by atoms with E-state index in [0.29, 0.717) is 0 Å². The van der Waals surface area contributed by atoms with Gasteiger partial charge in [-0.05, 0) is 31.2 Å². The van der Waals surface area contributed by atoms with Crippen LogP contribution in [0, 0.1) is 0 Å². The van der Waals surface area contributed by atoms with Gasteiger partial charge in [0.25, 0.3) is 0 Å². The first-order valence-electron chi connectivity index (χ1n) is 6.25. The number of rotatable bonds is 5. The molecule has 0 unspecified atom stereocenters. The Morgan fingerprint density at radius 1 is 1.20 bits per heavy atom. The highest BCUT2D eigenvalue weighted by molar-refractivity contribution is 7.89. The van der Waals surface area contributed by atoms with Crippen LogP contribution in [-0.4, -0.2) is 36.6 Å². The average molecular weight is 294 g/mol. The van der Waals surface area contributed by atoms with Gasteiger partial charge in [-0.2, -0.15) is 5.10 Å². The van der Waals surface area contributed by atoms with Crippen molar-refractivity contribution in [3.63, 3.8) is 0 Å². The van der Waals surface area contributed by atoms with E-state index in [-0.39, 0.29) is 4.90 Å². The summed E-state index contributed by atoms with van der Waals surface area (Å²) in [5.74, 6) is 0. The first-order chi connectivity index (χ1) is 9.43. The van der Waals surface area contributed by atoms with Crippen molar-refractivity contribution < 1.29 is 8.42 Å². The fraction of sp³-hybridized carbons (Fsp3) is 0.308. The van der Waals surface area contributed by atoms with Crippen molar-refractivity contribution in [2.75, 3.05) is 19.4 Å². The number of anilines is 2. The van der Waals surface area contributed by atoms with E-state index >= 15 is 0 Å². The molecule has 1 N–H and O–H groups in total. The second-order valence-corrected chi connectivity index (χ2v) is 6.67. The minimum absolute atomic E-state index is 0.275. The van der Waals surface area contributed by atoms with E-state index in [1.807, 2.05) is 17.8 Å². The van der Waals surface area contributed by atoms with Crippen LogP contribution in [0.15, 0.2) is 41.6 Å². The van der Waals surface area contributed by atoms with Gasteiger partial charge >= 0.3 is 0 Å². The normalized spacial score (nSPS) is 11.8. The summed E-state index contributed by atoms with van der Waals surface area (Å²) in [7, 11) is -0.348. The molecule has 0 spiro atoms. The molecule has 2 rings (SSSR count). The van der Waals surface area contributed by atoms with Crippen molar-refractivity contribution in [3.8, 4) is 0 Å². The number of hydrogen-bond donors (Lipinski definition) is 1. The van der Waals surface area contributed by atoms with E-state index in [4.69, 9.17) is 0 Å². The molecule has 1 aromatic heterocycles. The molecule has 1 heterocycles. The minimum Gasteiger partial charge on any atom is -0.353 e. The summed E-state index contributed by atoms with van der Waals surface area (Å²) in [6, 6.07) is 6.64. The van der Waals surface area contributed by atoms with Gasteiger partial charge in [-0.15, -0.1) is 0 Å². The minimum atomic E-state index is -3.38. The SMILES string of the molecule is CCn1cc(Nc2ccc(S(=O)(=O)N(C)C)cc2)cn1. The number of nitrogens with zero attached hydrogens (tertiary/aromatic N) is 3. The Bertz CT molecular complexity index is 675. The Morgan fingerprint density at radius 2 is 1.85 bits per heavy atom. The van der Waals surface area contributed by atoms with Gasteiger partial charge in [0.1, 0.15) is 0 Å². The zero-order valence-electron chi connectivity index (χ0n) is 11.7. The predicted octanol–water partition coefficient (Wildman–Crippen LogP) is 1.90. The first-order valence-corrected chi connectivity index (χ1v) is 7.69. The lowest BCUT2D eigenvalue weighted by atomic mass is 10.3. The second kappa shape index (κ2) is 5.64. The number of sulfonamides is 1. The largest absolute Gasteiger partial charge is 0.353 e. The van der Waals surface area contributed by atoms with E-state index in [1.54, 1.807) is 30.5 Å². The molecule has 108 valence electrons. The fourth-order valence-electron chi connectivity index (χ4n) is 1.69. The molecule has 0 radical (unpaired) electrons. The van der Waals surface area contributed by atoms with Gasteiger partial charge in [0, 0.05) is 32.5 Å². The highest BCUT2D eigenvalue weighted by atomic mass is 32.2. The summed E-state index contributed by atoms with van der Waals surface area (Å²) in [6.07, 6.45) is 3.62. The van der Waals surface area contributed by atoms with E-state index < -0.39 is 10.0 Å². The van der Waals surface area contributed by atoms with Crippen LogP contribution in [0.5, 0.6) is 0 Å². The van der Waals surface area contributed by atoms with Gasteiger partial charge in [0.15, 0.2) is 0 Å². The van der Waals surface area contributed by atoms with Crippen LogP contribution >= 0.6 is 0 Å². The van der Waals surface area contributed by atoms with Crippen molar-refractivity contribution in [3.05, 3.63) is 36.7 Å². The molecule has 0 fully saturated rings. The fourth-order valence-corrected chi connectivity index (χ4v) is 2.59. The van der Waals surface area contributed by atoms with Crippen LogP contribution in [0.4, 0.5) is 11.4 Å². The van der Waals surface area contributed by atoms with E-state index in [9.17, 15) is 8.42 Å². The van der Waals surface area contributed by atoms with Crippen LogP contribution < -0.4 is 5.32 Å². The van der Waals surface area contributed by atoms with E-state index in [1.165, 1.54) is 18.4 Å². The Balaban J connectivity index is 2.16. The molecule has 0 atom stereocenters. The molecule has 0 aliphatic heterocycles. The number of aryl methyl sites for hydroxylation is 1. The Hall–Kier alpha value is -1.86. The standard InChI is InChI=1S/C13H18N4O2S/c1-4-17-10-12(9-14-17)15-11-5-7-13(8-6-11)20(18,19)16(2)3/h5-10,15H,4H2,1-3H3. The van der Waals surface area contributed by atoms with Gasteiger partial charge < -0.3 is 5.32 Å². The molecule has 6 nitrogen and oxygen atoms in total. The molecular formula is C13H18N4O2S. The molecule has 1 aromatic carbocycles. The lowest BCUT2D eigenvalue weighted by Gasteiger charge is -2.11. The molecule has 2 aromatic rings. The number of nitrogens with one attached hydrogen (secondary N) is 1. The molecule has 0 aliphatic rings. The van der Waals surface area contributed by atoms with Gasteiger partial charge in [0.2, 0.25) is 10.0 Å². The summed E-state index contributed by atoms with van der Waals surface area (Å²) < 4.78 is 26.9. The van der Waals surface area contributed by atoms with Crippen molar-refractivity contribution in [1.82, 2.24) is 14.1 Å². The van der Waals surface area contributed by atoms with Crippen LogP contribution in [0.1, 0.15) is 6.92 Å². The van der Waals surface area contributed by atoms with Gasteiger partial charge in [-0.1, -0.05) is 0 Å². The summed E-state index contributed by atoms with van der Waals surface area (Å²) >= 11 is 0. The molecule has 0 amide bonds. The summed E-state index contributed by atoms with van der Waals surface area (Å²) in [5, 5.41) is 7.34. The molecular weight excluding hydrogens is 276 g/mol. The topological polar surface area (TPSA) is 67.2 Å². The Kier molecular flexibility index (Phi) is 4.10. The average Bonchev–Trinajstić information content (AvgIpc) is 2.87.